The number of hydrogen-bond acceptors (Lipinski definition) is 4. The van der Waals surface area contributed by atoms with Crippen molar-refractivity contribution in [1.29, 1.82) is 0 Å². The zero-order valence-electron chi connectivity index (χ0n) is 8.64. The molecule has 2 heterocycles. The molecule has 1 amide bonds. The summed E-state index contributed by atoms with van der Waals surface area (Å²) < 4.78 is 4.86. The average molecular weight is 234 g/mol. The Hall–Kier alpha value is -1.88. The van der Waals surface area contributed by atoms with Crippen LogP contribution in [0.3, 0.4) is 0 Å². The molecule has 0 saturated heterocycles. The van der Waals surface area contributed by atoms with Gasteiger partial charge in [0.2, 0.25) is 0 Å². The molecule has 0 unspecified atom stereocenters. The van der Waals surface area contributed by atoms with Crippen molar-refractivity contribution in [2.45, 2.75) is 6.92 Å². The predicted molar refractivity (Wildman–Crippen MR) is 62.8 cm³/mol. The van der Waals surface area contributed by atoms with Crippen LogP contribution < -0.4 is 5.43 Å². The van der Waals surface area contributed by atoms with Crippen LogP contribution in [0.1, 0.15) is 20.8 Å². The molecule has 82 valence electrons. The van der Waals surface area contributed by atoms with Crippen LogP contribution in [0.5, 0.6) is 0 Å². The molecule has 0 aliphatic carbocycles. The Morgan fingerprint density at radius 3 is 3.12 bits per heavy atom. The van der Waals surface area contributed by atoms with E-state index in [9.17, 15) is 4.79 Å². The highest BCUT2D eigenvalue weighted by molar-refractivity contribution is 7.10. The van der Waals surface area contributed by atoms with E-state index in [1.165, 1.54) is 17.6 Å². The van der Waals surface area contributed by atoms with Crippen molar-refractivity contribution >= 4 is 23.5 Å². The SMILES string of the molecule is Cc1cc(C(=O)N/N=C\c2ccoc2)cs1. The van der Waals surface area contributed by atoms with Gasteiger partial charge >= 0.3 is 0 Å². The first kappa shape index (κ1) is 10.6. The molecule has 4 nitrogen and oxygen atoms in total. The van der Waals surface area contributed by atoms with Crippen LogP contribution in [0, 0.1) is 6.92 Å². The number of rotatable bonds is 3. The summed E-state index contributed by atoms with van der Waals surface area (Å²) in [6, 6.07) is 3.58. The van der Waals surface area contributed by atoms with Crippen LogP contribution in [-0.4, -0.2) is 12.1 Å². The smallest absolute Gasteiger partial charge is 0.272 e. The molecule has 0 aliphatic rings. The van der Waals surface area contributed by atoms with Gasteiger partial charge in [-0.1, -0.05) is 0 Å². The van der Waals surface area contributed by atoms with Crippen molar-refractivity contribution in [3.8, 4) is 0 Å². The summed E-state index contributed by atoms with van der Waals surface area (Å²) in [6.07, 6.45) is 4.62. The van der Waals surface area contributed by atoms with Crippen molar-refractivity contribution in [2.75, 3.05) is 0 Å². The zero-order valence-corrected chi connectivity index (χ0v) is 9.45. The van der Waals surface area contributed by atoms with Gasteiger partial charge in [0, 0.05) is 15.8 Å². The van der Waals surface area contributed by atoms with Crippen LogP contribution in [-0.2, 0) is 0 Å². The van der Waals surface area contributed by atoms with Gasteiger partial charge in [-0.15, -0.1) is 11.3 Å². The summed E-state index contributed by atoms with van der Waals surface area (Å²) in [7, 11) is 0. The van der Waals surface area contributed by atoms with Gasteiger partial charge in [0.25, 0.3) is 5.91 Å². The Labute approximate surface area is 96.6 Å². The summed E-state index contributed by atoms with van der Waals surface area (Å²) in [6.45, 7) is 1.95. The maximum Gasteiger partial charge on any atom is 0.272 e. The lowest BCUT2D eigenvalue weighted by molar-refractivity contribution is 0.0955. The first-order chi connectivity index (χ1) is 7.75. The summed E-state index contributed by atoms with van der Waals surface area (Å²) in [5.41, 5.74) is 3.88. The number of carbonyl (C=O) groups excluding carboxylic acids is 1. The lowest BCUT2D eigenvalue weighted by Crippen LogP contribution is -2.16. The third-order valence-electron chi connectivity index (χ3n) is 1.92. The summed E-state index contributed by atoms with van der Waals surface area (Å²) in [4.78, 5) is 12.6. The largest absolute Gasteiger partial charge is 0.472 e. The number of hydrogen-bond donors (Lipinski definition) is 1. The van der Waals surface area contributed by atoms with E-state index in [1.54, 1.807) is 24.0 Å². The Morgan fingerprint density at radius 1 is 1.62 bits per heavy atom. The maximum atomic E-state index is 11.5. The number of thiophene rings is 1. The zero-order chi connectivity index (χ0) is 11.4. The molecule has 16 heavy (non-hydrogen) atoms. The van der Waals surface area contributed by atoms with Crippen molar-refractivity contribution in [2.24, 2.45) is 5.10 Å². The van der Waals surface area contributed by atoms with Gasteiger partial charge in [0.1, 0.15) is 0 Å². The van der Waals surface area contributed by atoms with Crippen LogP contribution >= 0.6 is 11.3 Å². The van der Waals surface area contributed by atoms with Gasteiger partial charge in [-0.2, -0.15) is 5.10 Å². The Morgan fingerprint density at radius 2 is 2.50 bits per heavy atom. The fourth-order valence-electron chi connectivity index (χ4n) is 1.14. The Kier molecular flexibility index (Phi) is 3.16. The van der Waals surface area contributed by atoms with Crippen molar-refractivity contribution in [1.82, 2.24) is 5.43 Å². The second-order valence-corrected chi connectivity index (χ2v) is 4.32. The molecule has 0 saturated carbocycles. The molecule has 2 aromatic rings. The lowest BCUT2D eigenvalue weighted by atomic mass is 10.3. The minimum atomic E-state index is -0.205. The number of nitrogens with zero attached hydrogens (tertiary/aromatic N) is 1. The molecule has 2 rings (SSSR count). The standard InChI is InChI=1S/C11H10N2O2S/c1-8-4-10(7-16-8)11(14)13-12-5-9-2-3-15-6-9/h2-7H,1H3,(H,13,14)/b12-5-. The number of amides is 1. The van der Waals surface area contributed by atoms with Crippen LogP contribution in [0.25, 0.3) is 0 Å². The van der Waals surface area contributed by atoms with Gasteiger partial charge in [-0.3, -0.25) is 4.79 Å². The molecular weight excluding hydrogens is 224 g/mol. The highest BCUT2D eigenvalue weighted by Crippen LogP contribution is 2.12. The minimum absolute atomic E-state index is 0.205. The second kappa shape index (κ2) is 4.76. The van der Waals surface area contributed by atoms with Gasteiger partial charge in [-0.25, -0.2) is 5.43 Å². The molecule has 0 atom stereocenters. The highest BCUT2D eigenvalue weighted by atomic mass is 32.1. The van der Waals surface area contributed by atoms with Crippen LogP contribution in [0.15, 0.2) is 39.6 Å². The molecule has 0 spiro atoms. The third kappa shape index (κ3) is 2.58. The van der Waals surface area contributed by atoms with Crippen molar-refractivity contribution in [3.05, 3.63) is 46.0 Å². The van der Waals surface area contributed by atoms with Gasteiger partial charge in [-0.05, 0) is 19.1 Å². The minimum Gasteiger partial charge on any atom is -0.472 e. The van der Waals surface area contributed by atoms with E-state index in [-0.39, 0.29) is 5.91 Å². The first-order valence-electron chi connectivity index (χ1n) is 4.66. The third-order valence-corrected chi connectivity index (χ3v) is 2.78. The number of nitrogens with one attached hydrogen (secondary N) is 1. The molecule has 2 aromatic heterocycles. The number of furan rings is 1. The van der Waals surface area contributed by atoms with E-state index in [0.29, 0.717) is 5.56 Å². The van der Waals surface area contributed by atoms with Crippen LogP contribution in [0.4, 0.5) is 0 Å². The topological polar surface area (TPSA) is 54.6 Å². The van der Waals surface area contributed by atoms with E-state index in [4.69, 9.17) is 4.42 Å². The number of carbonyl (C=O) groups is 1. The molecule has 0 radical (unpaired) electrons. The van der Waals surface area contributed by atoms with Gasteiger partial charge in [0.05, 0.1) is 24.3 Å². The van der Waals surface area contributed by atoms with Gasteiger partial charge < -0.3 is 4.42 Å². The molecule has 1 N–H and O–H groups in total. The van der Waals surface area contributed by atoms with Crippen molar-refractivity contribution < 1.29 is 9.21 Å². The highest BCUT2D eigenvalue weighted by Gasteiger charge is 2.05. The average Bonchev–Trinajstić information content (AvgIpc) is 2.89. The molecular formula is C11H10N2O2S. The fraction of sp³-hybridized carbons (Fsp3) is 0.0909. The molecule has 0 aliphatic heterocycles. The predicted octanol–water partition coefficient (Wildman–Crippen LogP) is 2.41. The normalized spacial score (nSPS) is 10.8. The monoisotopic (exact) mass is 234 g/mol. The quantitative estimate of drug-likeness (QED) is 0.655. The first-order valence-corrected chi connectivity index (χ1v) is 5.54. The molecule has 0 bridgehead atoms. The van der Waals surface area contributed by atoms with E-state index in [1.807, 2.05) is 13.0 Å². The van der Waals surface area contributed by atoms with Gasteiger partial charge in [0.15, 0.2) is 0 Å². The van der Waals surface area contributed by atoms with E-state index < -0.39 is 0 Å². The molecule has 0 fully saturated rings. The summed E-state index contributed by atoms with van der Waals surface area (Å²) in [5.74, 6) is -0.205. The maximum absolute atomic E-state index is 11.5. The molecule has 0 aromatic carbocycles. The van der Waals surface area contributed by atoms with E-state index >= 15 is 0 Å². The Balaban J connectivity index is 1.94. The fourth-order valence-corrected chi connectivity index (χ4v) is 1.82. The van der Waals surface area contributed by atoms with E-state index in [2.05, 4.69) is 10.5 Å². The number of aryl methyl sites for hydroxylation is 1. The van der Waals surface area contributed by atoms with Crippen molar-refractivity contribution in [3.63, 3.8) is 0 Å². The second-order valence-electron chi connectivity index (χ2n) is 3.20. The molecule has 5 heteroatoms. The number of hydrazone groups is 1. The Bertz CT molecular complexity index is 500. The summed E-state index contributed by atoms with van der Waals surface area (Å²) >= 11 is 1.54. The summed E-state index contributed by atoms with van der Waals surface area (Å²) in [5, 5.41) is 5.62. The lowest BCUT2D eigenvalue weighted by Gasteiger charge is -1.94. The van der Waals surface area contributed by atoms with E-state index in [0.717, 1.165) is 10.4 Å². The van der Waals surface area contributed by atoms with Crippen LogP contribution in [0.2, 0.25) is 0 Å².